The average Bonchev–Trinajstić information content (AvgIpc) is 3.01. The predicted molar refractivity (Wildman–Crippen MR) is 103 cm³/mol. The molecule has 1 aromatic carbocycles. The summed E-state index contributed by atoms with van der Waals surface area (Å²) in [6.07, 6.45) is 0. The summed E-state index contributed by atoms with van der Waals surface area (Å²) in [5, 5.41) is 19.6. The van der Waals surface area contributed by atoms with Crippen molar-refractivity contribution in [3.8, 4) is 5.82 Å². The Hall–Kier alpha value is -3.38. The van der Waals surface area contributed by atoms with Crippen LogP contribution < -0.4 is 10.3 Å². The number of nitro groups is 1. The Bertz CT molecular complexity index is 1230. The summed E-state index contributed by atoms with van der Waals surface area (Å²) in [7, 11) is -4.14. The maximum Gasteiger partial charge on any atom is 0.289 e. The summed E-state index contributed by atoms with van der Waals surface area (Å²) in [6, 6.07) is 9.73. The third-order valence-electron chi connectivity index (χ3n) is 4.05. The van der Waals surface area contributed by atoms with E-state index in [1.54, 1.807) is 4.68 Å². The molecule has 12 heteroatoms. The molecule has 0 spiro atoms. The second kappa shape index (κ2) is 7.93. The number of aryl methyl sites for hydroxylation is 2. The average molecular weight is 418 g/mol. The fraction of sp³-hybridized carbons (Fsp3) is 0.235. The second-order valence-corrected chi connectivity index (χ2v) is 7.95. The molecule has 3 rings (SSSR count). The summed E-state index contributed by atoms with van der Waals surface area (Å²) in [5.74, 6) is 0.414. The lowest BCUT2D eigenvalue weighted by Crippen LogP contribution is -2.32. The minimum atomic E-state index is -4.14. The summed E-state index contributed by atoms with van der Waals surface area (Å²) in [5.41, 5.74) is 0.679. The highest BCUT2D eigenvalue weighted by molar-refractivity contribution is 7.89. The van der Waals surface area contributed by atoms with Gasteiger partial charge in [0, 0.05) is 24.4 Å². The van der Waals surface area contributed by atoms with Crippen LogP contribution in [0.5, 0.6) is 0 Å². The fourth-order valence-corrected chi connectivity index (χ4v) is 3.96. The molecule has 0 unspecified atom stereocenters. The maximum atomic E-state index is 12.4. The number of nitrogens with zero attached hydrogens (tertiary/aromatic N) is 5. The number of para-hydroxylation sites is 1. The fourth-order valence-electron chi connectivity index (χ4n) is 2.77. The molecule has 0 fully saturated rings. The van der Waals surface area contributed by atoms with E-state index in [2.05, 4.69) is 14.9 Å². The van der Waals surface area contributed by atoms with Crippen LogP contribution in [0.15, 0.2) is 52.2 Å². The molecule has 0 amide bonds. The lowest BCUT2D eigenvalue weighted by molar-refractivity contribution is -0.387. The third-order valence-corrected chi connectivity index (χ3v) is 5.55. The monoisotopic (exact) mass is 418 g/mol. The van der Waals surface area contributed by atoms with E-state index in [0.717, 1.165) is 28.2 Å². The summed E-state index contributed by atoms with van der Waals surface area (Å²) in [6.45, 7) is 3.43. The summed E-state index contributed by atoms with van der Waals surface area (Å²) in [4.78, 5) is 21.9. The number of hydrogen-bond acceptors (Lipinski definition) is 7. The molecule has 3 aromatic rings. The molecule has 0 aliphatic rings. The van der Waals surface area contributed by atoms with Gasteiger partial charge in [-0.25, -0.2) is 22.5 Å². The highest BCUT2D eigenvalue weighted by Crippen LogP contribution is 2.22. The van der Waals surface area contributed by atoms with Crippen LogP contribution in [0.2, 0.25) is 0 Å². The number of sulfonamides is 1. The minimum absolute atomic E-state index is 0.0637. The predicted octanol–water partition coefficient (Wildman–Crippen LogP) is 0.933. The molecule has 2 heterocycles. The van der Waals surface area contributed by atoms with Crippen LogP contribution in [0.25, 0.3) is 5.82 Å². The summed E-state index contributed by atoms with van der Waals surface area (Å²) < 4.78 is 29.8. The first-order valence-electron chi connectivity index (χ1n) is 8.54. The number of hydrogen-bond donors (Lipinski definition) is 1. The number of aromatic nitrogens is 4. The lowest BCUT2D eigenvalue weighted by Gasteiger charge is -2.10. The van der Waals surface area contributed by atoms with Crippen molar-refractivity contribution in [1.29, 1.82) is 0 Å². The molecule has 0 aliphatic carbocycles. The topological polar surface area (TPSA) is 142 Å². The number of benzene rings is 1. The smallest absolute Gasteiger partial charge is 0.268 e. The molecule has 11 nitrogen and oxygen atoms in total. The first kappa shape index (κ1) is 20.4. The zero-order valence-electron chi connectivity index (χ0n) is 15.6. The first-order valence-corrected chi connectivity index (χ1v) is 10.0. The zero-order chi connectivity index (χ0) is 21.2. The van der Waals surface area contributed by atoms with E-state index in [0.29, 0.717) is 5.82 Å². The van der Waals surface area contributed by atoms with E-state index in [-0.39, 0.29) is 13.1 Å². The van der Waals surface area contributed by atoms with Crippen molar-refractivity contribution in [2.45, 2.75) is 25.3 Å². The molecular weight excluding hydrogens is 400 g/mol. The Morgan fingerprint density at radius 1 is 1.14 bits per heavy atom. The van der Waals surface area contributed by atoms with Crippen LogP contribution in [-0.4, -0.2) is 39.4 Å². The van der Waals surface area contributed by atoms with E-state index >= 15 is 0 Å². The first-order chi connectivity index (χ1) is 13.7. The van der Waals surface area contributed by atoms with Gasteiger partial charge in [-0.3, -0.25) is 14.9 Å². The van der Waals surface area contributed by atoms with Crippen LogP contribution in [0.3, 0.4) is 0 Å². The molecule has 0 aliphatic heterocycles. The lowest BCUT2D eigenvalue weighted by atomic mass is 10.3. The maximum absolute atomic E-state index is 12.4. The van der Waals surface area contributed by atoms with Crippen molar-refractivity contribution in [2.75, 3.05) is 6.54 Å². The van der Waals surface area contributed by atoms with Gasteiger partial charge in [0.15, 0.2) is 10.7 Å². The van der Waals surface area contributed by atoms with Crippen molar-refractivity contribution in [2.24, 2.45) is 0 Å². The van der Waals surface area contributed by atoms with Crippen LogP contribution in [0.4, 0.5) is 5.69 Å². The minimum Gasteiger partial charge on any atom is -0.268 e. The van der Waals surface area contributed by atoms with E-state index in [1.807, 2.05) is 19.9 Å². The molecule has 0 atom stereocenters. The van der Waals surface area contributed by atoms with Crippen molar-refractivity contribution < 1.29 is 13.3 Å². The summed E-state index contributed by atoms with van der Waals surface area (Å²) >= 11 is 0. The van der Waals surface area contributed by atoms with Gasteiger partial charge in [0.1, 0.15) is 0 Å². The van der Waals surface area contributed by atoms with Gasteiger partial charge in [-0.2, -0.15) is 5.10 Å². The van der Waals surface area contributed by atoms with E-state index < -0.39 is 31.1 Å². The molecule has 0 radical (unpaired) electrons. The largest absolute Gasteiger partial charge is 0.289 e. The number of rotatable bonds is 7. The second-order valence-electron chi connectivity index (χ2n) is 6.21. The molecule has 29 heavy (non-hydrogen) atoms. The SMILES string of the molecule is Cc1cc(C)n(-c2ccc(=O)n(CCNS(=O)(=O)c3ccccc3[N+](=O)[O-])n2)n1. The van der Waals surface area contributed by atoms with Crippen molar-refractivity contribution >= 4 is 15.7 Å². The van der Waals surface area contributed by atoms with Crippen molar-refractivity contribution in [1.82, 2.24) is 24.3 Å². The third kappa shape index (κ3) is 4.38. The van der Waals surface area contributed by atoms with Crippen molar-refractivity contribution in [3.63, 3.8) is 0 Å². The van der Waals surface area contributed by atoms with Gasteiger partial charge in [-0.05, 0) is 32.0 Å². The highest BCUT2D eigenvalue weighted by Gasteiger charge is 2.24. The Kier molecular flexibility index (Phi) is 5.57. The van der Waals surface area contributed by atoms with E-state index in [9.17, 15) is 23.3 Å². The van der Waals surface area contributed by atoms with Crippen LogP contribution in [0.1, 0.15) is 11.4 Å². The molecule has 0 saturated heterocycles. The van der Waals surface area contributed by atoms with Gasteiger partial charge in [0.25, 0.3) is 11.2 Å². The Morgan fingerprint density at radius 2 is 1.86 bits per heavy atom. The molecule has 152 valence electrons. The Balaban J connectivity index is 1.79. The van der Waals surface area contributed by atoms with Crippen LogP contribution in [-0.2, 0) is 16.6 Å². The van der Waals surface area contributed by atoms with Crippen LogP contribution >= 0.6 is 0 Å². The molecule has 0 saturated carbocycles. The standard InChI is InChI=1S/C17H18N6O5S/c1-12-11-13(2)22(19-12)16-7-8-17(24)21(20-16)10-9-18-29(27,28)15-6-4-3-5-14(15)23(25)26/h3-8,11,18H,9-10H2,1-2H3. The Morgan fingerprint density at radius 3 is 2.52 bits per heavy atom. The van der Waals surface area contributed by atoms with Gasteiger partial charge in [0.2, 0.25) is 10.0 Å². The van der Waals surface area contributed by atoms with E-state index in [1.165, 1.54) is 24.3 Å². The molecule has 0 bridgehead atoms. The number of nitrogens with one attached hydrogen (secondary N) is 1. The quantitative estimate of drug-likeness (QED) is 0.444. The van der Waals surface area contributed by atoms with Gasteiger partial charge in [0.05, 0.1) is 17.2 Å². The van der Waals surface area contributed by atoms with Gasteiger partial charge >= 0.3 is 0 Å². The molecule has 2 aromatic heterocycles. The molecule has 1 N–H and O–H groups in total. The molecular formula is C17H18N6O5S. The normalized spacial score (nSPS) is 11.5. The van der Waals surface area contributed by atoms with Gasteiger partial charge in [-0.15, -0.1) is 5.10 Å². The van der Waals surface area contributed by atoms with Gasteiger partial charge < -0.3 is 0 Å². The van der Waals surface area contributed by atoms with Gasteiger partial charge in [-0.1, -0.05) is 12.1 Å². The van der Waals surface area contributed by atoms with Crippen molar-refractivity contribution in [3.05, 3.63) is 74.3 Å². The van der Waals surface area contributed by atoms with E-state index in [4.69, 9.17) is 0 Å². The Labute approximate surface area is 165 Å². The van der Waals surface area contributed by atoms with Crippen LogP contribution in [0, 0.1) is 24.0 Å². The highest BCUT2D eigenvalue weighted by atomic mass is 32.2. The number of nitro benzene ring substituents is 1. The zero-order valence-corrected chi connectivity index (χ0v) is 16.5.